The minimum absolute atomic E-state index is 0.357. The zero-order valence-corrected chi connectivity index (χ0v) is 11.4. The van der Waals surface area contributed by atoms with Crippen molar-refractivity contribution in [2.24, 2.45) is 5.73 Å². The van der Waals surface area contributed by atoms with Crippen LogP contribution in [0.1, 0.15) is 5.56 Å². The van der Waals surface area contributed by atoms with Crippen LogP contribution < -0.4 is 11.1 Å². The monoisotopic (exact) mass is 280 g/mol. The molecule has 3 N–H and O–H groups in total. The van der Waals surface area contributed by atoms with Gasteiger partial charge in [0.15, 0.2) is 0 Å². The summed E-state index contributed by atoms with van der Waals surface area (Å²) in [5.41, 5.74) is 7.37. The van der Waals surface area contributed by atoms with Crippen LogP contribution in [0, 0.1) is 0 Å². The van der Waals surface area contributed by atoms with E-state index in [1.165, 1.54) is 0 Å². The van der Waals surface area contributed by atoms with E-state index in [4.69, 9.17) is 18.0 Å². The van der Waals surface area contributed by atoms with Crippen molar-refractivity contribution in [2.45, 2.75) is 0 Å². The van der Waals surface area contributed by atoms with Crippen molar-refractivity contribution >= 4 is 39.5 Å². The molecule has 20 heavy (non-hydrogen) atoms. The number of pyridine rings is 2. The number of nitrogens with two attached hydrogens (primary N) is 1. The van der Waals surface area contributed by atoms with Gasteiger partial charge in [0, 0.05) is 35.2 Å². The van der Waals surface area contributed by atoms with E-state index in [1.807, 2.05) is 36.5 Å². The predicted octanol–water partition coefficient (Wildman–Crippen LogP) is 3.01. The van der Waals surface area contributed by atoms with Gasteiger partial charge in [0.2, 0.25) is 0 Å². The molecule has 0 spiro atoms. The fourth-order valence-electron chi connectivity index (χ4n) is 2.01. The number of nitrogens with one attached hydrogen (secondary N) is 1. The zero-order valence-electron chi connectivity index (χ0n) is 10.6. The minimum Gasteiger partial charge on any atom is -0.389 e. The minimum atomic E-state index is 0.357. The molecule has 1 aromatic carbocycles. The van der Waals surface area contributed by atoms with E-state index in [1.54, 1.807) is 18.5 Å². The first-order valence-corrected chi connectivity index (χ1v) is 6.50. The van der Waals surface area contributed by atoms with Crippen molar-refractivity contribution in [1.82, 2.24) is 9.97 Å². The number of rotatable bonds is 3. The van der Waals surface area contributed by atoms with Crippen LogP contribution >= 0.6 is 12.2 Å². The summed E-state index contributed by atoms with van der Waals surface area (Å²) in [7, 11) is 0. The molecule has 5 heteroatoms. The number of benzene rings is 1. The van der Waals surface area contributed by atoms with Crippen LogP contribution in [0.25, 0.3) is 10.8 Å². The lowest BCUT2D eigenvalue weighted by Gasteiger charge is -2.09. The van der Waals surface area contributed by atoms with Crippen molar-refractivity contribution in [3.63, 3.8) is 0 Å². The van der Waals surface area contributed by atoms with E-state index >= 15 is 0 Å². The molecular weight excluding hydrogens is 268 g/mol. The standard InChI is InChI=1S/C15H12N4S/c16-15(20)11-5-7-18-14(8-11)19-13-3-1-2-10-4-6-17-9-12(10)13/h1-9H,(H2,16,20)(H,18,19). The van der Waals surface area contributed by atoms with Gasteiger partial charge in [-0.25, -0.2) is 4.98 Å². The number of hydrogen-bond donors (Lipinski definition) is 2. The van der Waals surface area contributed by atoms with Crippen LogP contribution in [0.15, 0.2) is 55.0 Å². The third-order valence-corrected chi connectivity index (χ3v) is 3.23. The molecule has 3 aromatic rings. The molecule has 0 unspecified atom stereocenters. The topological polar surface area (TPSA) is 63.8 Å². The number of anilines is 2. The highest BCUT2D eigenvalue weighted by atomic mass is 32.1. The average Bonchev–Trinajstić information content (AvgIpc) is 2.48. The summed E-state index contributed by atoms with van der Waals surface area (Å²) in [5, 5.41) is 5.44. The molecule has 0 amide bonds. The summed E-state index contributed by atoms with van der Waals surface area (Å²) >= 11 is 4.98. The van der Waals surface area contributed by atoms with Gasteiger partial charge in [-0.15, -0.1) is 0 Å². The third-order valence-electron chi connectivity index (χ3n) is 2.99. The molecular formula is C15H12N4S. The highest BCUT2D eigenvalue weighted by Gasteiger charge is 2.03. The van der Waals surface area contributed by atoms with Crippen LogP contribution in [0.3, 0.4) is 0 Å². The number of hydrogen-bond acceptors (Lipinski definition) is 4. The van der Waals surface area contributed by atoms with Crippen molar-refractivity contribution in [1.29, 1.82) is 0 Å². The Morgan fingerprint density at radius 3 is 2.90 bits per heavy atom. The van der Waals surface area contributed by atoms with Crippen LogP contribution in [0.2, 0.25) is 0 Å². The first kappa shape index (κ1) is 12.5. The van der Waals surface area contributed by atoms with Gasteiger partial charge in [-0.1, -0.05) is 24.4 Å². The second-order valence-electron chi connectivity index (χ2n) is 4.32. The summed E-state index contributed by atoms with van der Waals surface area (Å²) in [6.07, 6.45) is 5.28. The van der Waals surface area contributed by atoms with Crippen LogP contribution in [0.5, 0.6) is 0 Å². The van der Waals surface area contributed by atoms with Crippen LogP contribution in [-0.2, 0) is 0 Å². The lowest BCUT2D eigenvalue weighted by molar-refractivity contribution is 1.30. The lowest BCUT2D eigenvalue weighted by atomic mass is 10.1. The average molecular weight is 280 g/mol. The zero-order chi connectivity index (χ0) is 13.9. The van der Waals surface area contributed by atoms with Gasteiger partial charge in [0.05, 0.1) is 0 Å². The molecule has 0 fully saturated rings. The van der Waals surface area contributed by atoms with E-state index in [0.29, 0.717) is 10.8 Å². The van der Waals surface area contributed by atoms with Crippen molar-refractivity contribution < 1.29 is 0 Å². The van der Waals surface area contributed by atoms with E-state index in [-0.39, 0.29) is 0 Å². The molecule has 0 atom stereocenters. The first-order valence-electron chi connectivity index (χ1n) is 6.10. The number of nitrogens with zero attached hydrogens (tertiary/aromatic N) is 2. The second-order valence-corrected chi connectivity index (χ2v) is 4.76. The van der Waals surface area contributed by atoms with Gasteiger partial charge in [-0.05, 0) is 29.7 Å². The van der Waals surface area contributed by atoms with Gasteiger partial charge in [0.1, 0.15) is 10.8 Å². The van der Waals surface area contributed by atoms with Gasteiger partial charge in [-0.3, -0.25) is 4.98 Å². The van der Waals surface area contributed by atoms with Crippen molar-refractivity contribution in [3.8, 4) is 0 Å². The number of fused-ring (bicyclic) bond motifs is 1. The maximum Gasteiger partial charge on any atom is 0.130 e. The van der Waals surface area contributed by atoms with Crippen molar-refractivity contribution in [3.05, 3.63) is 60.6 Å². The molecule has 0 aliphatic heterocycles. The van der Waals surface area contributed by atoms with Gasteiger partial charge in [-0.2, -0.15) is 0 Å². The number of thiocarbonyl (C=S) groups is 1. The lowest BCUT2D eigenvalue weighted by Crippen LogP contribution is -2.09. The Labute approximate surface area is 121 Å². The van der Waals surface area contributed by atoms with Crippen LogP contribution in [0.4, 0.5) is 11.5 Å². The fraction of sp³-hybridized carbons (Fsp3) is 0. The first-order chi connectivity index (χ1) is 9.74. The molecule has 0 aliphatic rings. The molecule has 2 aromatic heterocycles. The predicted molar refractivity (Wildman–Crippen MR) is 85.2 cm³/mol. The summed E-state index contributed by atoms with van der Waals surface area (Å²) < 4.78 is 0. The fourth-order valence-corrected chi connectivity index (χ4v) is 2.14. The SMILES string of the molecule is NC(=S)c1ccnc(Nc2cccc3ccncc23)c1. The van der Waals surface area contributed by atoms with Gasteiger partial charge < -0.3 is 11.1 Å². The smallest absolute Gasteiger partial charge is 0.130 e. The molecule has 0 saturated heterocycles. The van der Waals surface area contributed by atoms with E-state index in [9.17, 15) is 0 Å². The Hall–Kier alpha value is -2.53. The molecule has 98 valence electrons. The molecule has 2 heterocycles. The normalized spacial score (nSPS) is 10.4. The highest BCUT2D eigenvalue weighted by molar-refractivity contribution is 7.80. The summed E-state index contributed by atoms with van der Waals surface area (Å²) in [5.74, 6) is 0.701. The Balaban J connectivity index is 2.01. The summed E-state index contributed by atoms with van der Waals surface area (Å²) in [6.45, 7) is 0. The van der Waals surface area contributed by atoms with E-state index < -0.39 is 0 Å². The Morgan fingerprint density at radius 1 is 1.15 bits per heavy atom. The maximum atomic E-state index is 5.63. The largest absolute Gasteiger partial charge is 0.389 e. The van der Waals surface area contributed by atoms with Crippen molar-refractivity contribution in [2.75, 3.05) is 5.32 Å². The second kappa shape index (κ2) is 5.22. The Kier molecular flexibility index (Phi) is 3.26. The molecule has 0 aliphatic carbocycles. The third kappa shape index (κ3) is 2.44. The summed E-state index contributed by atoms with van der Waals surface area (Å²) in [4.78, 5) is 8.79. The highest BCUT2D eigenvalue weighted by Crippen LogP contribution is 2.24. The summed E-state index contributed by atoms with van der Waals surface area (Å²) in [6, 6.07) is 11.6. The Morgan fingerprint density at radius 2 is 2.05 bits per heavy atom. The van der Waals surface area contributed by atoms with Gasteiger partial charge in [0.25, 0.3) is 0 Å². The Bertz CT molecular complexity index is 780. The van der Waals surface area contributed by atoms with E-state index in [0.717, 1.165) is 22.0 Å². The number of aromatic nitrogens is 2. The van der Waals surface area contributed by atoms with Gasteiger partial charge >= 0.3 is 0 Å². The maximum absolute atomic E-state index is 5.63. The molecule has 4 nitrogen and oxygen atoms in total. The molecule has 0 radical (unpaired) electrons. The molecule has 3 rings (SSSR count). The molecule has 0 saturated carbocycles. The van der Waals surface area contributed by atoms with E-state index in [2.05, 4.69) is 15.3 Å². The van der Waals surface area contributed by atoms with Crippen LogP contribution in [-0.4, -0.2) is 15.0 Å². The molecule has 0 bridgehead atoms. The quantitative estimate of drug-likeness (QED) is 0.722.